The highest BCUT2D eigenvalue weighted by Crippen LogP contribution is 2.17. The Hall–Kier alpha value is -2.54. The predicted molar refractivity (Wildman–Crippen MR) is 84.7 cm³/mol. The summed E-state index contributed by atoms with van der Waals surface area (Å²) in [5.74, 6) is 0.368. The Kier molecular flexibility index (Phi) is 4.96. The molecule has 3 rings (SSSR count). The van der Waals surface area contributed by atoms with E-state index in [1.54, 1.807) is 6.07 Å². The molecule has 0 atom stereocenters. The summed E-state index contributed by atoms with van der Waals surface area (Å²) in [6, 6.07) is 28.0. The maximum Gasteiger partial charge on any atom is 0.118 e. The fourth-order valence-corrected chi connectivity index (χ4v) is 1.82. The van der Waals surface area contributed by atoms with Crippen LogP contribution < -0.4 is 0 Å². The third-order valence-corrected chi connectivity index (χ3v) is 3.00. The van der Waals surface area contributed by atoms with E-state index in [4.69, 9.17) is 5.11 Å². The van der Waals surface area contributed by atoms with Crippen molar-refractivity contribution in [1.82, 2.24) is 0 Å². The van der Waals surface area contributed by atoms with Crippen molar-refractivity contribution in [3.8, 4) is 16.9 Å². The van der Waals surface area contributed by atoms with Gasteiger partial charge in [-0.3, -0.25) is 0 Å². The molecule has 0 aliphatic carbocycles. The van der Waals surface area contributed by atoms with Gasteiger partial charge in [0.15, 0.2) is 0 Å². The van der Waals surface area contributed by atoms with Crippen LogP contribution in [0.2, 0.25) is 0 Å². The number of benzene rings is 3. The van der Waals surface area contributed by atoms with Gasteiger partial charge < -0.3 is 5.11 Å². The van der Waals surface area contributed by atoms with Gasteiger partial charge in [0.25, 0.3) is 0 Å². The highest BCUT2D eigenvalue weighted by atomic mass is 16.3. The minimum Gasteiger partial charge on any atom is -0.508 e. The van der Waals surface area contributed by atoms with Gasteiger partial charge in [0.05, 0.1) is 0 Å². The van der Waals surface area contributed by atoms with Crippen LogP contribution in [0.3, 0.4) is 0 Å². The second kappa shape index (κ2) is 7.15. The van der Waals surface area contributed by atoms with Crippen molar-refractivity contribution in [2.24, 2.45) is 0 Å². The Labute approximate surface area is 120 Å². The summed E-state index contributed by atoms with van der Waals surface area (Å²) in [4.78, 5) is 0. The van der Waals surface area contributed by atoms with E-state index < -0.39 is 0 Å². The lowest BCUT2D eigenvalue weighted by Crippen LogP contribution is -1.73. The van der Waals surface area contributed by atoms with Crippen LogP contribution in [0.15, 0.2) is 84.9 Å². The molecule has 3 aromatic rings. The highest BCUT2D eigenvalue weighted by molar-refractivity contribution is 5.62. The number of hydrogen-bond acceptors (Lipinski definition) is 1. The number of phenols is 1. The van der Waals surface area contributed by atoms with Gasteiger partial charge in [-0.1, -0.05) is 78.9 Å². The lowest BCUT2D eigenvalue weighted by atomic mass is 10.1. The highest BCUT2D eigenvalue weighted by Gasteiger charge is 1.91. The summed E-state index contributed by atoms with van der Waals surface area (Å²) in [7, 11) is 0. The van der Waals surface area contributed by atoms with Gasteiger partial charge in [0.2, 0.25) is 0 Å². The van der Waals surface area contributed by atoms with Crippen LogP contribution in [0.1, 0.15) is 5.56 Å². The molecule has 0 spiro atoms. The quantitative estimate of drug-likeness (QED) is 0.650. The molecule has 3 aromatic carbocycles. The number of para-hydroxylation sites is 1. The summed E-state index contributed by atoms with van der Waals surface area (Å²) in [6.07, 6.45) is 0. The molecule has 0 heterocycles. The number of aryl methyl sites for hydroxylation is 1. The normalized spacial score (nSPS) is 9.45. The Morgan fingerprint density at radius 2 is 0.950 bits per heavy atom. The summed E-state index contributed by atoms with van der Waals surface area (Å²) in [5.41, 5.74) is 3.48. The largest absolute Gasteiger partial charge is 0.508 e. The van der Waals surface area contributed by atoms with E-state index in [1.807, 2.05) is 37.3 Å². The van der Waals surface area contributed by atoms with Crippen LogP contribution in [-0.2, 0) is 0 Å². The molecule has 0 fully saturated rings. The van der Waals surface area contributed by atoms with Gasteiger partial charge in [-0.2, -0.15) is 0 Å². The zero-order valence-corrected chi connectivity index (χ0v) is 11.5. The molecule has 1 heteroatoms. The SMILES string of the molecule is Cc1ccccc1O.c1ccc(-c2ccccc2)cc1. The van der Waals surface area contributed by atoms with Gasteiger partial charge in [-0.15, -0.1) is 0 Å². The Bertz CT molecular complexity index is 572. The second-order valence-corrected chi connectivity index (χ2v) is 4.52. The fourth-order valence-electron chi connectivity index (χ4n) is 1.82. The lowest BCUT2D eigenvalue weighted by Gasteiger charge is -1.98. The van der Waals surface area contributed by atoms with Crippen molar-refractivity contribution in [3.05, 3.63) is 90.5 Å². The summed E-state index contributed by atoms with van der Waals surface area (Å²) >= 11 is 0. The number of hydrogen-bond donors (Lipinski definition) is 1. The van der Waals surface area contributed by atoms with Crippen molar-refractivity contribution in [2.45, 2.75) is 6.92 Å². The van der Waals surface area contributed by atoms with Crippen molar-refractivity contribution >= 4 is 0 Å². The average molecular weight is 262 g/mol. The number of rotatable bonds is 1. The predicted octanol–water partition coefficient (Wildman–Crippen LogP) is 5.05. The molecule has 0 saturated carbocycles. The topological polar surface area (TPSA) is 20.2 Å². The van der Waals surface area contributed by atoms with E-state index in [-0.39, 0.29) is 0 Å². The first kappa shape index (κ1) is 13.9. The van der Waals surface area contributed by atoms with Crippen LogP contribution >= 0.6 is 0 Å². The first-order chi connectivity index (χ1) is 9.77. The molecule has 0 aliphatic rings. The molecule has 0 amide bonds. The van der Waals surface area contributed by atoms with Gasteiger partial charge in [0, 0.05) is 0 Å². The van der Waals surface area contributed by atoms with Gasteiger partial charge in [0.1, 0.15) is 5.75 Å². The summed E-state index contributed by atoms with van der Waals surface area (Å²) in [5, 5.41) is 8.92. The first-order valence-corrected chi connectivity index (χ1v) is 6.62. The number of phenolic OH excluding ortho intramolecular Hbond substituents is 1. The van der Waals surface area contributed by atoms with Crippen molar-refractivity contribution in [3.63, 3.8) is 0 Å². The molecule has 0 radical (unpaired) electrons. The first-order valence-electron chi connectivity index (χ1n) is 6.62. The molecule has 1 nitrogen and oxygen atoms in total. The van der Waals surface area contributed by atoms with Gasteiger partial charge in [-0.25, -0.2) is 0 Å². The van der Waals surface area contributed by atoms with Crippen LogP contribution in [0.4, 0.5) is 0 Å². The molecule has 0 saturated heterocycles. The van der Waals surface area contributed by atoms with E-state index in [2.05, 4.69) is 48.5 Å². The van der Waals surface area contributed by atoms with Crippen LogP contribution in [0, 0.1) is 6.92 Å². The third-order valence-electron chi connectivity index (χ3n) is 3.00. The third kappa shape index (κ3) is 3.99. The monoisotopic (exact) mass is 262 g/mol. The Balaban J connectivity index is 0.000000160. The maximum absolute atomic E-state index is 8.92. The molecule has 0 unspecified atom stereocenters. The molecular weight excluding hydrogens is 244 g/mol. The van der Waals surface area contributed by atoms with E-state index in [1.165, 1.54) is 11.1 Å². The van der Waals surface area contributed by atoms with Crippen LogP contribution in [0.25, 0.3) is 11.1 Å². The minimum absolute atomic E-state index is 0.368. The maximum atomic E-state index is 8.92. The Morgan fingerprint density at radius 3 is 1.30 bits per heavy atom. The lowest BCUT2D eigenvalue weighted by molar-refractivity contribution is 0.471. The zero-order valence-electron chi connectivity index (χ0n) is 11.5. The molecule has 0 aromatic heterocycles. The summed E-state index contributed by atoms with van der Waals surface area (Å²) < 4.78 is 0. The van der Waals surface area contributed by atoms with Gasteiger partial charge >= 0.3 is 0 Å². The molecular formula is C19H18O. The standard InChI is InChI=1S/C12H10.C7H8O/c1-3-7-11(8-4-1)12-9-5-2-6-10-12;1-6-4-2-3-5-7(6)8/h1-10H;2-5,8H,1H3. The van der Waals surface area contributed by atoms with Crippen LogP contribution in [0.5, 0.6) is 5.75 Å². The molecule has 100 valence electrons. The molecule has 1 N–H and O–H groups in total. The van der Waals surface area contributed by atoms with Crippen molar-refractivity contribution in [1.29, 1.82) is 0 Å². The molecule has 0 aliphatic heterocycles. The molecule has 20 heavy (non-hydrogen) atoms. The fraction of sp³-hybridized carbons (Fsp3) is 0.0526. The van der Waals surface area contributed by atoms with Crippen molar-refractivity contribution < 1.29 is 5.11 Å². The minimum atomic E-state index is 0.368. The summed E-state index contributed by atoms with van der Waals surface area (Å²) in [6.45, 7) is 1.87. The van der Waals surface area contributed by atoms with E-state index in [0.717, 1.165) is 5.56 Å². The Morgan fingerprint density at radius 1 is 0.550 bits per heavy atom. The smallest absolute Gasteiger partial charge is 0.118 e. The van der Waals surface area contributed by atoms with Crippen molar-refractivity contribution in [2.75, 3.05) is 0 Å². The molecule has 0 bridgehead atoms. The number of aromatic hydroxyl groups is 1. The average Bonchev–Trinajstić information content (AvgIpc) is 2.53. The van der Waals surface area contributed by atoms with E-state index >= 15 is 0 Å². The van der Waals surface area contributed by atoms with Crippen LogP contribution in [-0.4, -0.2) is 5.11 Å². The zero-order chi connectivity index (χ0) is 14.2. The van der Waals surface area contributed by atoms with Gasteiger partial charge in [-0.05, 0) is 29.7 Å². The second-order valence-electron chi connectivity index (χ2n) is 4.52. The van der Waals surface area contributed by atoms with E-state index in [9.17, 15) is 0 Å². The van der Waals surface area contributed by atoms with E-state index in [0.29, 0.717) is 5.75 Å².